The number of hydrogen-bond donors (Lipinski definition) is 1. The fraction of sp³-hybridized carbons (Fsp3) is 0.533. The third-order valence-corrected chi connectivity index (χ3v) is 4.78. The molecule has 104 valence electrons. The van der Waals surface area contributed by atoms with Crippen molar-refractivity contribution in [1.82, 2.24) is 0 Å². The van der Waals surface area contributed by atoms with Crippen LogP contribution in [0.1, 0.15) is 38.7 Å². The zero-order valence-corrected chi connectivity index (χ0v) is 14.0. The van der Waals surface area contributed by atoms with Crippen molar-refractivity contribution in [2.75, 3.05) is 18.0 Å². The number of nitrogens with two attached hydrogens (primary N) is 1. The molecule has 0 spiro atoms. The van der Waals surface area contributed by atoms with Crippen molar-refractivity contribution in [3.05, 3.63) is 28.2 Å². The summed E-state index contributed by atoms with van der Waals surface area (Å²) in [5.74, 6) is 0. The summed E-state index contributed by atoms with van der Waals surface area (Å²) >= 11 is 8.77. The average molecular weight is 341 g/mol. The molecular weight excluding hydrogens is 320 g/mol. The van der Waals surface area contributed by atoms with Gasteiger partial charge in [0.25, 0.3) is 0 Å². The zero-order chi connectivity index (χ0) is 14.0. The maximum Gasteiger partial charge on any atom is 0.107 e. The van der Waals surface area contributed by atoms with E-state index in [9.17, 15) is 0 Å². The number of anilines is 1. The van der Waals surface area contributed by atoms with E-state index in [2.05, 4.69) is 46.8 Å². The van der Waals surface area contributed by atoms with Gasteiger partial charge in [0.15, 0.2) is 0 Å². The lowest BCUT2D eigenvalue weighted by Crippen LogP contribution is -2.28. The molecule has 0 saturated carbocycles. The Kier molecular flexibility index (Phi) is 4.51. The molecule has 0 unspecified atom stereocenters. The molecular formula is C15H21BrN2S. The first-order valence-electron chi connectivity index (χ1n) is 6.74. The number of hydrogen-bond acceptors (Lipinski definition) is 2. The number of nitrogens with zero attached hydrogens (tertiary/aromatic N) is 1. The first kappa shape index (κ1) is 14.8. The molecule has 1 fully saturated rings. The summed E-state index contributed by atoms with van der Waals surface area (Å²) in [4.78, 5) is 2.89. The fourth-order valence-corrected chi connectivity index (χ4v) is 3.60. The largest absolute Gasteiger partial charge is 0.389 e. The molecule has 0 atom stereocenters. The van der Waals surface area contributed by atoms with Crippen LogP contribution < -0.4 is 10.6 Å². The van der Waals surface area contributed by atoms with Crippen molar-refractivity contribution in [3.63, 3.8) is 0 Å². The summed E-state index contributed by atoms with van der Waals surface area (Å²) < 4.78 is 0.987. The van der Waals surface area contributed by atoms with Crippen molar-refractivity contribution in [2.24, 2.45) is 11.1 Å². The Balaban J connectivity index is 2.32. The van der Waals surface area contributed by atoms with Crippen molar-refractivity contribution in [2.45, 2.75) is 33.1 Å². The number of benzene rings is 1. The van der Waals surface area contributed by atoms with Gasteiger partial charge in [0.05, 0.1) is 0 Å². The van der Waals surface area contributed by atoms with E-state index in [0.29, 0.717) is 10.4 Å². The molecule has 4 heteroatoms. The quantitative estimate of drug-likeness (QED) is 0.821. The highest BCUT2D eigenvalue weighted by molar-refractivity contribution is 9.10. The van der Waals surface area contributed by atoms with E-state index in [4.69, 9.17) is 18.0 Å². The van der Waals surface area contributed by atoms with Crippen molar-refractivity contribution in [3.8, 4) is 0 Å². The average Bonchev–Trinajstić information content (AvgIpc) is 2.49. The molecule has 2 N–H and O–H groups in total. The van der Waals surface area contributed by atoms with Gasteiger partial charge in [-0.3, -0.25) is 0 Å². The molecule has 1 aromatic carbocycles. The molecule has 0 radical (unpaired) electrons. The van der Waals surface area contributed by atoms with Crippen molar-refractivity contribution >= 4 is 38.8 Å². The second-order valence-corrected chi connectivity index (χ2v) is 7.30. The van der Waals surface area contributed by atoms with E-state index < -0.39 is 0 Å². The Morgan fingerprint density at radius 1 is 1.32 bits per heavy atom. The molecule has 2 nitrogen and oxygen atoms in total. The highest BCUT2D eigenvalue weighted by Crippen LogP contribution is 2.34. The Hall–Kier alpha value is -0.610. The topological polar surface area (TPSA) is 29.3 Å². The molecule has 2 rings (SSSR count). The highest BCUT2D eigenvalue weighted by Gasteiger charge is 2.24. The van der Waals surface area contributed by atoms with Crippen LogP contribution in [0, 0.1) is 5.41 Å². The van der Waals surface area contributed by atoms with Crippen molar-refractivity contribution < 1.29 is 0 Å². The van der Waals surface area contributed by atoms with Gasteiger partial charge in [0.1, 0.15) is 4.99 Å². The van der Waals surface area contributed by atoms with Gasteiger partial charge in [-0.15, -0.1) is 0 Å². The third kappa shape index (κ3) is 3.48. The Morgan fingerprint density at radius 3 is 2.74 bits per heavy atom. The molecule has 19 heavy (non-hydrogen) atoms. The van der Waals surface area contributed by atoms with Gasteiger partial charge in [-0.05, 0) is 52.7 Å². The van der Waals surface area contributed by atoms with Crippen molar-refractivity contribution in [1.29, 1.82) is 0 Å². The first-order chi connectivity index (χ1) is 8.91. The van der Waals surface area contributed by atoms with Crippen LogP contribution in [0.5, 0.6) is 0 Å². The van der Waals surface area contributed by atoms with Gasteiger partial charge < -0.3 is 10.6 Å². The van der Waals surface area contributed by atoms with Crippen LogP contribution in [-0.2, 0) is 0 Å². The maximum atomic E-state index is 5.89. The van der Waals surface area contributed by atoms with E-state index in [0.717, 1.165) is 23.1 Å². The molecule has 0 amide bonds. The van der Waals surface area contributed by atoms with Crippen LogP contribution in [-0.4, -0.2) is 18.1 Å². The molecule has 1 aliphatic heterocycles. The zero-order valence-electron chi connectivity index (χ0n) is 11.6. The molecule has 0 bridgehead atoms. The SMILES string of the molecule is CC1(C)CCCN(c2cccc(Br)c2C(N)=S)CC1. The predicted octanol–water partition coefficient (Wildman–Crippen LogP) is 4.10. The van der Waals surface area contributed by atoms with Crippen LogP contribution in [0.4, 0.5) is 5.69 Å². The van der Waals surface area contributed by atoms with Crippen LogP contribution in [0.25, 0.3) is 0 Å². The summed E-state index contributed by atoms with van der Waals surface area (Å²) in [5.41, 5.74) is 8.46. The van der Waals surface area contributed by atoms with E-state index >= 15 is 0 Å². The van der Waals surface area contributed by atoms with E-state index in [1.165, 1.54) is 24.9 Å². The first-order valence-corrected chi connectivity index (χ1v) is 7.94. The number of thiocarbonyl (C=S) groups is 1. The Labute approximate surface area is 129 Å². The summed E-state index contributed by atoms with van der Waals surface area (Å²) in [7, 11) is 0. The lowest BCUT2D eigenvalue weighted by Gasteiger charge is -2.27. The Bertz CT molecular complexity index is 485. The maximum absolute atomic E-state index is 5.89. The smallest absolute Gasteiger partial charge is 0.107 e. The minimum absolute atomic E-state index is 0.435. The summed E-state index contributed by atoms with van der Waals surface area (Å²) in [6.07, 6.45) is 3.70. The van der Waals surface area contributed by atoms with Gasteiger partial charge in [0, 0.05) is 28.8 Å². The standard InChI is InChI=1S/C15H21BrN2S/c1-15(2)7-4-9-18(10-8-15)12-6-3-5-11(16)13(12)14(17)19/h3,5-6H,4,7-10H2,1-2H3,(H2,17,19). The van der Waals surface area contributed by atoms with E-state index in [1.807, 2.05) is 6.07 Å². The summed E-state index contributed by atoms with van der Waals surface area (Å²) in [6.45, 7) is 6.85. The van der Waals surface area contributed by atoms with Gasteiger partial charge in [-0.2, -0.15) is 0 Å². The lowest BCUT2D eigenvalue weighted by molar-refractivity contribution is 0.325. The minimum atomic E-state index is 0.435. The molecule has 1 saturated heterocycles. The molecule has 1 heterocycles. The van der Waals surface area contributed by atoms with Crippen LogP contribution >= 0.6 is 28.1 Å². The predicted molar refractivity (Wildman–Crippen MR) is 89.9 cm³/mol. The van der Waals surface area contributed by atoms with Gasteiger partial charge in [-0.1, -0.05) is 32.1 Å². The second-order valence-electron chi connectivity index (χ2n) is 6.00. The minimum Gasteiger partial charge on any atom is -0.389 e. The number of halogens is 1. The van der Waals surface area contributed by atoms with Gasteiger partial charge in [-0.25, -0.2) is 0 Å². The van der Waals surface area contributed by atoms with E-state index in [1.54, 1.807) is 0 Å². The normalized spacial score (nSPS) is 19.0. The van der Waals surface area contributed by atoms with Gasteiger partial charge in [0.2, 0.25) is 0 Å². The third-order valence-electron chi connectivity index (χ3n) is 3.92. The molecule has 0 aliphatic carbocycles. The monoisotopic (exact) mass is 340 g/mol. The Morgan fingerprint density at radius 2 is 2.05 bits per heavy atom. The second kappa shape index (κ2) is 5.80. The molecule has 0 aromatic heterocycles. The fourth-order valence-electron chi connectivity index (χ4n) is 2.68. The number of rotatable bonds is 2. The molecule has 1 aliphatic rings. The van der Waals surface area contributed by atoms with E-state index in [-0.39, 0.29) is 0 Å². The lowest BCUT2D eigenvalue weighted by atomic mass is 9.85. The van der Waals surface area contributed by atoms with Crippen LogP contribution in [0.15, 0.2) is 22.7 Å². The summed E-state index contributed by atoms with van der Waals surface area (Å²) in [6, 6.07) is 6.18. The molecule has 1 aromatic rings. The summed E-state index contributed by atoms with van der Waals surface area (Å²) in [5, 5.41) is 0. The van der Waals surface area contributed by atoms with Crippen LogP contribution in [0.3, 0.4) is 0 Å². The highest BCUT2D eigenvalue weighted by atomic mass is 79.9. The van der Waals surface area contributed by atoms with Gasteiger partial charge >= 0.3 is 0 Å². The van der Waals surface area contributed by atoms with Crippen LogP contribution in [0.2, 0.25) is 0 Å².